The second kappa shape index (κ2) is 24.5. The van der Waals surface area contributed by atoms with Crippen molar-refractivity contribution in [3.63, 3.8) is 0 Å². The molecule has 72 heavy (non-hydrogen) atoms. The summed E-state index contributed by atoms with van der Waals surface area (Å²) in [6, 6.07) is 4.64. The summed E-state index contributed by atoms with van der Waals surface area (Å²) in [5, 5.41) is 36.9. The van der Waals surface area contributed by atoms with Crippen LogP contribution in [0, 0.1) is 17.8 Å². The van der Waals surface area contributed by atoms with Crippen LogP contribution in [0.15, 0.2) is 66.7 Å². The average molecular weight is 1010 g/mol. The van der Waals surface area contributed by atoms with Gasteiger partial charge in [-0.2, -0.15) is 0 Å². The Kier molecular flexibility index (Phi) is 19.0. The maximum absolute atomic E-state index is 15.1. The largest absolute Gasteiger partial charge is 0.487 e. The number of likely N-dealkylation sites (N-methyl/N-ethyl adjacent to an activating group) is 1. The molecular formula is C50H67N7O15. The van der Waals surface area contributed by atoms with Crippen molar-refractivity contribution in [2.75, 3.05) is 26.8 Å². The van der Waals surface area contributed by atoms with Crippen molar-refractivity contribution in [2.24, 2.45) is 17.8 Å². The fraction of sp³-hybridized carbons (Fsp3) is 0.540. The lowest BCUT2D eigenvalue weighted by molar-refractivity contribution is -0.160. The second-order valence-electron chi connectivity index (χ2n) is 19.1. The molecule has 22 heteroatoms. The van der Waals surface area contributed by atoms with Gasteiger partial charge in [0.05, 0.1) is 24.7 Å². The second-order valence-corrected chi connectivity index (χ2v) is 19.1. The summed E-state index contributed by atoms with van der Waals surface area (Å²) in [4.78, 5) is 128. The molecule has 2 aromatic rings. The molecule has 0 radical (unpaired) electrons. The van der Waals surface area contributed by atoms with Crippen molar-refractivity contribution in [3.8, 4) is 5.75 Å². The fourth-order valence-corrected chi connectivity index (χ4v) is 7.98. The number of fused-ring (bicyclic) bond motifs is 9. The van der Waals surface area contributed by atoms with Crippen molar-refractivity contribution in [1.29, 1.82) is 0 Å². The van der Waals surface area contributed by atoms with E-state index in [0.717, 1.165) is 11.0 Å². The molecule has 0 aromatic heterocycles. The number of ether oxygens (including phenoxy) is 4. The van der Waals surface area contributed by atoms with E-state index in [-0.39, 0.29) is 18.6 Å². The molecule has 4 aliphatic rings. The van der Waals surface area contributed by atoms with Crippen LogP contribution < -0.4 is 36.6 Å². The van der Waals surface area contributed by atoms with E-state index in [2.05, 4.69) is 31.9 Å². The first-order valence-electron chi connectivity index (χ1n) is 23.8. The number of aliphatic hydroxyl groups excluding tert-OH is 2. The van der Waals surface area contributed by atoms with Gasteiger partial charge in [-0.15, -0.1) is 0 Å². The van der Waals surface area contributed by atoms with E-state index in [4.69, 9.17) is 18.9 Å². The molecule has 1 spiro atoms. The Morgan fingerprint density at radius 3 is 2.03 bits per heavy atom. The van der Waals surface area contributed by atoms with E-state index in [0.29, 0.717) is 11.3 Å². The minimum Gasteiger partial charge on any atom is -0.487 e. The third-order valence-electron chi connectivity index (χ3n) is 12.8. The smallest absolute Gasteiger partial charge is 0.332 e. The number of esters is 2. The standard InChI is InChI=1S/C50H67N7O15/c1-25(2)38-45(64)56-41-32-15-17-33(18-16-32)72-30(8)50(24-70-50)20-19-36(59)51-22-37(60)69-23-34(49(68)71-29(7)40(47(66)53-38)55-43(62)27(5)42(61)26(3)4)52-46(65)39(28(6)58)54-44(63)35(57(9)48(41)67)21-31-13-11-10-12-14-31/h10-20,25-30,34-35,38-42,58,61H,21-24H2,1-9H3,(H,51,59)(H,52,65)(H,53,66)(H,54,63)(H,55,62)(H,56,64)/b20-19+/t27-,28-,29-,30-,34+,35+,38+,39-,40+,41-,42-,50+/m1/s1. The number of epoxide rings is 1. The van der Waals surface area contributed by atoms with E-state index < -0.39 is 150 Å². The highest BCUT2D eigenvalue weighted by molar-refractivity contribution is 5.98. The molecule has 392 valence electrons. The van der Waals surface area contributed by atoms with Gasteiger partial charge in [0.1, 0.15) is 66.9 Å². The zero-order valence-electron chi connectivity index (χ0n) is 41.8. The fourth-order valence-electron chi connectivity index (χ4n) is 7.98. The maximum atomic E-state index is 15.1. The molecule has 12 atom stereocenters. The Morgan fingerprint density at radius 1 is 0.806 bits per heavy atom. The highest BCUT2D eigenvalue weighted by Crippen LogP contribution is 2.35. The summed E-state index contributed by atoms with van der Waals surface area (Å²) >= 11 is 0. The minimum atomic E-state index is -1.94. The number of amides is 7. The summed E-state index contributed by atoms with van der Waals surface area (Å²) in [6.45, 7) is 10.6. The highest BCUT2D eigenvalue weighted by Gasteiger charge is 2.49. The van der Waals surface area contributed by atoms with Crippen molar-refractivity contribution in [3.05, 3.63) is 77.9 Å². The Bertz CT molecular complexity index is 2340. The molecular weight excluding hydrogens is 939 g/mol. The third-order valence-corrected chi connectivity index (χ3v) is 12.8. The first-order chi connectivity index (χ1) is 33.9. The summed E-state index contributed by atoms with van der Waals surface area (Å²) in [5.74, 6) is -10.8. The predicted octanol–water partition coefficient (Wildman–Crippen LogP) is -0.747. The lowest BCUT2D eigenvalue weighted by atomic mass is 9.93. The molecule has 0 saturated carbocycles. The van der Waals surface area contributed by atoms with Crippen LogP contribution in [0.1, 0.15) is 72.6 Å². The van der Waals surface area contributed by atoms with Gasteiger partial charge in [0.2, 0.25) is 41.4 Å². The summed E-state index contributed by atoms with van der Waals surface area (Å²) in [5.41, 5.74) is -0.255. The average Bonchev–Trinajstić information content (AvgIpc) is 4.14. The number of benzene rings is 2. The topological polar surface area (TPSA) is 310 Å². The Labute approximate surface area is 417 Å². The number of nitrogens with zero attached hydrogens (tertiary/aromatic N) is 1. The van der Waals surface area contributed by atoms with E-state index >= 15 is 4.79 Å². The maximum Gasteiger partial charge on any atom is 0.332 e. The number of aliphatic hydroxyl groups is 2. The zero-order chi connectivity index (χ0) is 53.2. The number of hydrogen-bond acceptors (Lipinski definition) is 15. The monoisotopic (exact) mass is 1010 g/mol. The van der Waals surface area contributed by atoms with Crippen LogP contribution in [0.2, 0.25) is 0 Å². The van der Waals surface area contributed by atoms with Gasteiger partial charge < -0.3 is 66.0 Å². The Hall–Kier alpha value is -6.91. The minimum absolute atomic E-state index is 0.142. The van der Waals surface area contributed by atoms with Crippen molar-refractivity contribution >= 4 is 53.3 Å². The van der Waals surface area contributed by atoms with Gasteiger partial charge in [-0.3, -0.25) is 38.4 Å². The van der Waals surface area contributed by atoms with Crippen molar-refractivity contribution in [2.45, 2.75) is 128 Å². The van der Waals surface area contributed by atoms with Crippen LogP contribution in [0.5, 0.6) is 5.75 Å². The van der Waals surface area contributed by atoms with Gasteiger partial charge in [-0.1, -0.05) is 77.1 Å². The van der Waals surface area contributed by atoms with Gasteiger partial charge >= 0.3 is 11.9 Å². The molecule has 8 N–H and O–H groups in total. The number of cyclic esters (lactones) is 1. The first kappa shape index (κ1) is 56.0. The van der Waals surface area contributed by atoms with E-state index in [1.54, 1.807) is 65.0 Å². The molecule has 4 bridgehead atoms. The third kappa shape index (κ3) is 14.4. The highest BCUT2D eigenvalue weighted by atomic mass is 16.6. The zero-order valence-corrected chi connectivity index (χ0v) is 41.8. The van der Waals surface area contributed by atoms with Crippen molar-refractivity contribution in [1.82, 2.24) is 36.8 Å². The molecule has 6 rings (SSSR count). The number of carbonyl (C=O) groups is 9. The SMILES string of the molecule is CC(C)[C@@H]1NC(=O)[C@@H](NC(=O)[C@H](C)[C@H](O)C(C)C)[C@@H](C)OC(=O)[C@@H]2COC(=O)CNC(=O)/C=C/[C@]3(CO3)[C@@H](C)Oc3ccc(cc3)[C@@H](NC1=O)C(=O)N(C)[C@@H](Cc1ccccc1)C(=O)N[C@H]([C@@H](C)O)C(=O)N2. The molecule has 2 saturated heterocycles. The Balaban J connectivity index is 1.71. The molecule has 2 aromatic carbocycles. The van der Waals surface area contributed by atoms with Crippen LogP contribution in [0.25, 0.3) is 0 Å². The number of rotatable bonds is 8. The van der Waals surface area contributed by atoms with Crippen LogP contribution >= 0.6 is 0 Å². The number of nitrogens with one attached hydrogen (secondary N) is 6. The molecule has 0 aliphatic carbocycles. The summed E-state index contributed by atoms with van der Waals surface area (Å²) < 4.78 is 22.9. The van der Waals surface area contributed by atoms with Gasteiger partial charge in [0, 0.05) is 19.5 Å². The summed E-state index contributed by atoms with van der Waals surface area (Å²) in [6.07, 6.45) is -2.69. The first-order valence-corrected chi connectivity index (χ1v) is 23.8. The van der Waals surface area contributed by atoms with Gasteiger partial charge in [-0.25, -0.2) is 4.79 Å². The lowest BCUT2D eigenvalue weighted by Gasteiger charge is -2.33. The number of carbonyl (C=O) groups excluding carboxylic acids is 9. The number of hydrogen-bond donors (Lipinski definition) is 8. The molecule has 7 amide bonds. The van der Waals surface area contributed by atoms with Crippen LogP contribution in [-0.2, 0) is 63.8 Å². The van der Waals surface area contributed by atoms with Crippen molar-refractivity contribution < 1.29 is 72.3 Å². The van der Waals surface area contributed by atoms with E-state index in [9.17, 15) is 48.6 Å². The van der Waals surface area contributed by atoms with Gasteiger partial charge in [0.15, 0.2) is 6.04 Å². The lowest BCUT2D eigenvalue weighted by Crippen LogP contribution is -2.61. The van der Waals surface area contributed by atoms with Crippen LogP contribution in [0.3, 0.4) is 0 Å². The van der Waals surface area contributed by atoms with E-state index in [1.165, 1.54) is 58.2 Å². The van der Waals surface area contributed by atoms with Crippen LogP contribution in [-0.4, -0.2) is 155 Å². The van der Waals surface area contributed by atoms with Gasteiger partial charge in [0.25, 0.3) is 0 Å². The van der Waals surface area contributed by atoms with Crippen LogP contribution in [0.4, 0.5) is 0 Å². The summed E-state index contributed by atoms with van der Waals surface area (Å²) in [7, 11) is 1.32. The Morgan fingerprint density at radius 2 is 1.43 bits per heavy atom. The molecule has 0 unspecified atom stereocenters. The van der Waals surface area contributed by atoms with E-state index in [1.807, 2.05) is 0 Å². The predicted molar refractivity (Wildman–Crippen MR) is 256 cm³/mol. The quantitative estimate of drug-likeness (QED) is 0.119. The normalized spacial score (nSPS) is 29.2. The molecule has 4 heterocycles. The molecule has 22 nitrogen and oxygen atoms in total. The molecule has 4 aliphatic heterocycles. The van der Waals surface area contributed by atoms with Gasteiger partial charge in [-0.05, 0) is 61.9 Å². The molecule has 2 fully saturated rings.